The maximum Gasteiger partial charge on any atom is 0.238 e. The topological polar surface area (TPSA) is 70.2 Å². The van der Waals surface area contributed by atoms with Gasteiger partial charge in [-0.2, -0.15) is 0 Å². The molecular weight excluding hydrogens is 274 g/mol. The molecule has 2 amide bonds. The highest BCUT2D eigenvalue weighted by atomic mass is 35.5. The lowest BCUT2D eigenvalue weighted by Gasteiger charge is -2.10. The summed E-state index contributed by atoms with van der Waals surface area (Å²) in [6, 6.07) is 0.372. The van der Waals surface area contributed by atoms with Gasteiger partial charge >= 0.3 is 0 Å². The summed E-state index contributed by atoms with van der Waals surface area (Å²) >= 11 is 1.73. The molecule has 0 aromatic rings. The summed E-state index contributed by atoms with van der Waals surface area (Å²) in [5, 5.41) is 8.90. The molecule has 1 heterocycles. The first kappa shape index (κ1) is 15.6. The van der Waals surface area contributed by atoms with Crippen LogP contribution in [0, 0.1) is 0 Å². The number of hydrogen-bond acceptors (Lipinski definition) is 4. The molecule has 3 N–H and O–H groups in total. The molecule has 1 saturated carbocycles. The first-order chi connectivity index (χ1) is 8.25. The molecule has 0 aromatic carbocycles. The molecule has 1 aliphatic heterocycles. The third-order valence-corrected chi connectivity index (χ3v) is 3.79. The lowest BCUT2D eigenvalue weighted by Crippen LogP contribution is -2.42. The molecule has 2 fully saturated rings. The van der Waals surface area contributed by atoms with Crippen LogP contribution in [-0.2, 0) is 9.59 Å². The summed E-state index contributed by atoms with van der Waals surface area (Å²) in [4.78, 5) is 22.9. The molecule has 0 aromatic heterocycles. The van der Waals surface area contributed by atoms with Crippen molar-refractivity contribution in [2.24, 2.45) is 0 Å². The van der Waals surface area contributed by atoms with Gasteiger partial charge in [-0.3, -0.25) is 14.9 Å². The number of hydrogen-bond donors (Lipinski definition) is 3. The molecule has 2 aliphatic rings. The number of carbonyl (C=O) groups excluding carboxylic acids is 2. The molecule has 1 saturated heterocycles. The fourth-order valence-electron chi connectivity index (χ4n) is 1.67. The first-order valence-electron chi connectivity index (χ1n) is 6.14. The van der Waals surface area contributed by atoms with Crippen LogP contribution >= 0.6 is 24.2 Å². The third-order valence-electron chi connectivity index (χ3n) is 2.86. The zero-order valence-electron chi connectivity index (χ0n) is 10.2. The third kappa shape index (κ3) is 5.46. The molecule has 1 unspecified atom stereocenters. The van der Waals surface area contributed by atoms with E-state index in [4.69, 9.17) is 0 Å². The van der Waals surface area contributed by atoms with E-state index in [1.54, 1.807) is 11.8 Å². The highest BCUT2D eigenvalue weighted by molar-refractivity contribution is 7.99. The van der Waals surface area contributed by atoms with Crippen molar-refractivity contribution in [3.8, 4) is 0 Å². The predicted molar refractivity (Wildman–Crippen MR) is 74.9 cm³/mol. The molecule has 104 valence electrons. The van der Waals surface area contributed by atoms with E-state index < -0.39 is 0 Å². The van der Waals surface area contributed by atoms with Crippen molar-refractivity contribution in [1.82, 2.24) is 16.0 Å². The average Bonchev–Trinajstić information content (AvgIpc) is 2.96. The maximum absolute atomic E-state index is 11.6. The number of carbonyl (C=O) groups is 2. The van der Waals surface area contributed by atoms with Gasteiger partial charge in [0, 0.05) is 30.6 Å². The van der Waals surface area contributed by atoms with Gasteiger partial charge in [0.25, 0.3) is 0 Å². The highest BCUT2D eigenvalue weighted by Crippen LogP contribution is 2.18. The summed E-state index contributed by atoms with van der Waals surface area (Å²) in [5.41, 5.74) is 0. The smallest absolute Gasteiger partial charge is 0.238 e. The van der Waals surface area contributed by atoms with Gasteiger partial charge in [-0.1, -0.05) is 0 Å². The number of rotatable bonds is 6. The van der Waals surface area contributed by atoms with E-state index in [0.717, 1.165) is 24.5 Å². The van der Waals surface area contributed by atoms with Crippen LogP contribution < -0.4 is 16.0 Å². The zero-order valence-corrected chi connectivity index (χ0v) is 11.9. The standard InChI is InChI=1S/C11H19N3O2S.ClH/c15-10(14-8-3-4-8)2-1-5-12-11(16)9-6-17-7-13-9;/h8-9,13H,1-7H2,(H,12,16)(H,14,15);1H. The minimum atomic E-state index is -0.0553. The fraction of sp³-hybridized carbons (Fsp3) is 0.818. The van der Waals surface area contributed by atoms with E-state index in [2.05, 4.69) is 16.0 Å². The molecule has 2 rings (SSSR count). The molecule has 1 aliphatic carbocycles. The first-order valence-corrected chi connectivity index (χ1v) is 7.29. The summed E-state index contributed by atoms with van der Waals surface area (Å²) in [5.74, 6) is 1.85. The Balaban J connectivity index is 0.00000162. The van der Waals surface area contributed by atoms with E-state index in [1.807, 2.05) is 0 Å². The summed E-state index contributed by atoms with van der Waals surface area (Å²) in [7, 11) is 0. The second-order valence-electron chi connectivity index (χ2n) is 4.51. The number of thioether (sulfide) groups is 1. The van der Waals surface area contributed by atoms with E-state index in [-0.39, 0.29) is 30.3 Å². The SMILES string of the molecule is Cl.O=C(CCCNC(=O)C1CSCN1)NC1CC1. The predicted octanol–water partition coefficient (Wildman–Crippen LogP) is 0.246. The zero-order chi connectivity index (χ0) is 12.1. The van der Waals surface area contributed by atoms with E-state index in [0.29, 0.717) is 25.4 Å². The molecule has 5 nitrogen and oxygen atoms in total. The van der Waals surface area contributed by atoms with Crippen LogP contribution in [-0.4, -0.2) is 42.1 Å². The Labute approximate surface area is 118 Å². The Bertz CT molecular complexity index is 294. The second-order valence-corrected chi connectivity index (χ2v) is 5.54. The van der Waals surface area contributed by atoms with Gasteiger partial charge in [0.05, 0.1) is 6.04 Å². The average molecular weight is 294 g/mol. The molecule has 18 heavy (non-hydrogen) atoms. The Morgan fingerprint density at radius 3 is 2.72 bits per heavy atom. The Morgan fingerprint density at radius 1 is 1.33 bits per heavy atom. The van der Waals surface area contributed by atoms with Crippen LogP contribution in [0.5, 0.6) is 0 Å². The van der Waals surface area contributed by atoms with Crippen LogP contribution in [0.3, 0.4) is 0 Å². The number of halogens is 1. The number of nitrogens with one attached hydrogen (secondary N) is 3. The van der Waals surface area contributed by atoms with E-state index >= 15 is 0 Å². The highest BCUT2D eigenvalue weighted by Gasteiger charge is 2.23. The van der Waals surface area contributed by atoms with Crippen LogP contribution in [0.1, 0.15) is 25.7 Å². The van der Waals surface area contributed by atoms with Gasteiger partial charge in [0.2, 0.25) is 11.8 Å². The van der Waals surface area contributed by atoms with Gasteiger partial charge in [0.15, 0.2) is 0 Å². The van der Waals surface area contributed by atoms with Crippen molar-refractivity contribution in [3.05, 3.63) is 0 Å². The van der Waals surface area contributed by atoms with Crippen molar-refractivity contribution in [1.29, 1.82) is 0 Å². The molecule has 7 heteroatoms. The van der Waals surface area contributed by atoms with Crippen molar-refractivity contribution in [2.45, 2.75) is 37.8 Å². The lowest BCUT2D eigenvalue weighted by molar-refractivity contribution is -0.123. The largest absolute Gasteiger partial charge is 0.355 e. The van der Waals surface area contributed by atoms with Crippen LogP contribution in [0.2, 0.25) is 0 Å². The molecular formula is C11H20ClN3O2S. The fourth-order valence-corrected chi connectivity index (χ4v) is 2.62. The Morgan fingerprint density at radius 2 is 2.11 bits per heavy atom. The summed E-state index contributed by atoms with van der Waals surface area (Å²) in [6.45, 7) is 0.583. The van der Waals surface area contributed by atoms with Crippen molar-refractivity contribution in [2.75, 3.05) is 18.2 Å². The van der Waals surface area contributed by atoms with Crippen LogP contribution in [0.25, 0.3) is 0 Å². The minimum absolute atomic E-state index is 0. The van der Waals surface area contributed by atoms with Crippen LogP contribution in [0.15, 0.2) is 0 Å². The van der Waals surface area contributed by atoms with Crippen molar-refractivity contribution >= 4 is 36.0 Å². The van der Waals surface area contributed by atoms with Crippen molar-refractivity contribution in [3.63, 3.8) is 0 Å². The maximum atomic E-state index is 11.6. The quantitative estimate of drug-likeness (QED) is 0.614. The second kappa shape index (κ2) is 7.86. The van der Waals surface area contributed by atoms with E-state index in [9.17, 15) is 9.59 Å². The van der Waals surface area contributed by atoms with Gasteiger partial charge in [0.1, 0.15) is 0 Å². The van der Waals surface area contributed by atoms with Crippen molar-refractivity contribution < 1.29 is 9.59 Å². The Kier molecular flexibility index (Phi) is 6.81. The number of amides is 2. The molecule has 0 radical (unpaired) electrons. The van der Waals surface area contributed by atoms with Gasteiger partial charge < -0.3 is 10.6 Å². The molecule has 0 spiro atoms. The minimum Gasteiger partial charge on any atom is -0.355 e. The summed E-state index contributed by atoms with van der Waals surface area (Å²) in [6.07, 6.45) is 3.45. The van der Waals surface area contributed by atoms with Gasteiger partial charge in [-0.15, -0.1) is 24.2 Å². The van der Waals surface area contributed by atoms with Gasteiger partial charge in [-0.05, 0) is 19.3 Å². The normalized spacial score (nSPS) is 22.1. The molecule has 0 bridgehead atoms. The monoisotopic (exact) mass is 293 g/mol. The van der Waals surface area contributed by atoms with E-state index in [1.165, 1.54) is 0 Å². The lowest BCUT2D eigenvalue weighted by atomic mass is 10.2. The molecule has 1 atom stereocenters. The van der Waals surface area contributed by atoms with Crippen LogP contribution in [0.4, 0.5) is 0 Å². The summed E-state index contributed by atoms with van der Waals surface area (Å²) < 4.78 is 0. The Hall–Kier alpha value is -0.460. The van der Waals surface area contributed by atoms with Gasteiger partial charge in [-0.25, -0.2) is 0 Å².